The van der Waals surface area contributed by atoms with Crippen LogP contribution in [-0.4, -0.2) is 27.5 Å². The third kappa shape index (κ3) is 14.5. The lowest BCUT2D eigenvalue weighted by Crippen LogP contribution is -2.49. The van der Waals surface area contributed by atoms with E-state index in [1.54, 1.807) is 0 Å². The van der Waals surface area contributed by atoms with Crippen LogP contribution >= 0.6 is 12.6 Å². The summed E-state index contributed by atoms with van der Waals surface area (Å²) in [5.41, 5.74) is 3.39. The summed E-state index contributed by atoms with van der Waals surface area (Å²) in [6, 6.07) is 2.23. The molecule has 0 aromatic heterocycles. The van der Waals surface area contributed by atoms with Crippen LogP contribution in [-0.2, 0) is 8.95 Å². The number of rotatable bonds is 19. The SMILES string of the molecule is CCCCCCCCCCC1CCO[Si](CCCS)(CCCCCCCC)ONC1. The summed E-state index contributed by atoms with van der Waals surface area (Å²) in [6.45, 7) is 6.48. The second kappa shape index (κ2) is 20.1. The maximum absolute atomic E-state index is 6.53. The van der Waals surface area contributed by atoms with Crippen molar-refractivity contribution in [1.29, 1.82) is 0 Å². The van der Waals surface area contributed by atoms with Crippen molar-refractivity contribution in [1.82, 2.24) is 5.48 Å². The van der Waals surface area contributed by atoms with Crippen molar-refractivity contribution in [3.8, 4) is 0 Å². The molecule has 1 heterocycles. The van der Waals surface area contributed by atoms with Crippen molar-refractivity contribution in [2.75, 3.05) is 18.9 Å². The molecule has 30 heavy (non-hydrogen) atoms. The Balaban J connectivity index is 2.24. The molecule has 1 rings (SSSR count). The summed E-state index contributed by atoms with van der Waals surface area (Å²) < 4.78 is 12.9. The number of thiol groups is 1. The molecule has 0 amide bonds. The molecule has 3 nitrogen and oxygen atoms in total. The molecule has 1 saturated heterocycles. The van der Waals surface area contributed by atoms with E-state index in [0.29, 0.717) is 5.92 Å². The predicted octanol–water partition coefficient (Wildman–Crippen LogP) is 8.20. The van der Waals surface area contributed by atoms with E-state index >= 15 is 0 Å². The number of nitrogens with one attached hydrogen (secondary N) is 1. The van der Waals surface area contributed by atoms with Gasteiger partial charge >= 0.3 is 8.56 Å². The summed E-state index contributed by atoms with van der Waals surface area (Å²) >= 11 is 4.44. The molecule has 2 unspecified atom stereocenters. The Morgan fingerprint density at radius 1 is 0.767 bits per heavy atom. The van der Waals surface area contributed by atoms with Crippen molar-refractivity contribution in [3.05, 3.63) is 0 Å². The molecular formula is C25H53NO2SSi. The van der Waals surface area contributed by atoms with Gasteiger partial charge in [0, 0.05) is 13.2 Å². The van der Waals surface area contributed by atoms with Crippen molar-refractivity contribution in [2.45, 2.75) is 135 Å². The van der Waals surface area contributed by atoms with Crippen molar-refractivity contribution < 1.29 is 8.95 Å². The molecule has 1 aliphatic rings. The van der Waals surface area contributed by atoms with E-state index in [9.17, 15) is 0 Å². The van der Waals surface area contributed by atoms with Gasteiger partial charge in [-0.15, -0.1) is 0 Å². The van der Waals surface area contributed by atoms with E-state index < -0.39 is 8.56 Å². The van der Waals surface area contributed by atoms with Crippen LogP contribution in [0.5, 0.6) is 0 Å². The normalized spacial score (nSPS) is 22.7. The van der Waals surface area contributed by atoms with E-state index in [-0.39, 0.29) is 0 Å². The molecule has 1 aliphatic heterocycles. The van der Waals surface area contributed by atoms with Gasteiger partial charge < -0.3 is 8.95 Å². The highest BCUT2D eigenvalue weighted by Gasteiger charge is 2.38. The van der Waals surface area contributed by atoms with Crippen LogP contribution in [0.15, 0.2) is 0 Å². The van der Waals surface area contributed by atoms with Crippen LogP contribution in [0.3, 0.4) is 0 Å². The highest BCUT2D eigenvalue weighted by molar-refractivity contribution is 7.80. The molecule has 1 fully saturated rings. The van der Waals surface area contributed by atoms with Gasteiger partial charge in [-0.05, 0) is 43.0 Å². The van der Waals surface area contributed by atoms with Crippen LogP contribution in [0, 0.1) is 5.92 Å². The molecule has 0 aromatic carbocycles. The molecule has 0 bridgehead atoms. The summed E-state index contributed by atoms with van der Waals surface area (Å²) in [6.07, 6.45) is 22.8. The molecule has 0 saturated carbocycles. The molecule has 0 spiro atoms. The van der Waals surface area contributed by atoms with Gasteiger partial charge in [0.05, 0.1) is 0 Å². The largest absolute Gasteiger partial charge is 0.393 e. The van der Waals surface area contributed by atoms with Crippen LogP contribution < -0.4 is 5.48 Å². The first-order valence-electron chi connectivity index (χ1n) is 13.4. The topological polar surface area (TPSA) is 30.5 Å². The van der Waals surface area contributed by atoms with Crippen LogP contribution in [0.2, 0.25) is 12.1 Å². The summed E-state index contributed by atoms with van der Waals surface area (Å²) in [5.74, 6) is 1.63. The fourth-order valence-corrected chi connectivity index (χ4v) is 8.14. The smallest absolute Gasteiger partial charge is 0.358 e. The zero-order valence-corrected chi connectivity index (χ0v) is 22.3. The number of hydrogen-bond donors (Lipinski definition) is 2. The van der Waals surface area contributed by atoms with Crippen LogP contribution in [0.25, 0.3) is 0 Å². The zero-order valence-electron chi connectivity index (χ0n) is 20.4. The monoisotopic (exact) mass is 459 g/mol. The minimum atomic E-state index is -2.10. The standard InChI is InChI=1S/C25H53NO2SSi/c1-3-5-7-9-11-12-13-15-18-25-19-20-27-30(23-17-21-29,28-26-24-25)22-16-14-10-8-6-4-2/h25-26,29H,3-24H2,1-2H3. The summed E-state index contributed by atoms with van der Waals surface area (Å²) in [5, 5.41) is 0. The van der Waals surface area contributed by atoms with Crippen LogP contribution in [0.1, 0.15) is 123 Å². The van der Waals surface area contributed by atoms with Crippen molar-refractivity contribution in [3.63, 3.8) is 0 Å². The maximum atomic E-state index is 6.53. The van der Waals surface area contributed by atoms with Crippen molar-refractivity contribution in [2.24, 2.45) is 5.92 Å². The fourth-order valence-electron chi connectivity index (χ4n) is 4.54. The van der Waals surface area contributed by atoms with Gasteiger partial charge in [-0.1, -0.05) is 104 Å². The lowest BCUT2D eigenvalue weighted by Gasteiger charge is -2.34. The van der Waals surface area contributed by atoms with Gasteiger partial charge in [-0.25, -0.2) is 5.48 Å². The maximum Gasteiger partial charge on any atom is 0.358 e. The minimum absolute atomic E-state index is 0.705. The molecule has 0 aromatic rings. The Morgan fingerprint density at radius 2 is 1.33 bits per heavy atom. The Morgan fingerprint density at radius 3 is 1.97 bits per heavy atom. The highest BCUT2D eigenvalue weighted by Crippen LogP contribution is 2.27. The second-order valence-corrected chi connectivity index (χ2v) is 13.2. The average molecular weight is 460 g/mol. The van der Waals surface area contributed by atoms with E-state index in [1.165, 1.54) is 103 Å². The number of hydrogen-bond acceptors (Lipinski definition) is 4. The predicted molar refractivity (Wildman–Crippen MR) is 138 cm³/mol. The number of unbranched alkanes of at least 4 members (excludes halogenated alkanes) is 12. The molecule has 0 aliphatic carbocycles. The third-order valence-electron chi connectivity index (χ3n) is 6.61. The molecule has 180 valence electrons. The minimum Gasteiger partial charge on any atom is -0.393 e. The first-order chi connectivity index (χ1) is 14.8. The highest BCUT2D eigenvalue weighted by atomic mass is 32.1. The second-order valence-electron chi connectivity index (χ2n) is 9.47. The Hall–Kier alpha value is 0.447. The molecule has 5 heteroatoms. The van der Waals surface area contributed by atoms with E-state index in [1.807, 2.05) is 0 Å². The van der Waals surface area contributed by atoms with Gasteiger partial charge in [-0.2, -0.15) is 12.6 Å². The van der Waals surface area contributed by atoms with Gasteiger partial charge in [0.25, 0.3) is 0 Å². The molecule has 1 N–H and O–H groups in total. The Bertz CT molecular complexity index is 363. The Labute approximate surface area is 195 Å². The first-order valence-corrected chi connectivity index (χ1v) is 16.3. The van der Waals surface area contributed by atoms with Crippen molar-refractivity contribution >= 4 is 21.2 Å². The number of hydroxylamine groups is 1. The van der Waals surface area contributed by atoms with Gasteiger partial charge in [-0.3, -0.25) is 0 Å². The lowest BCUT2D eigenvalue weighted by atomic mass is 9.97. The summed E-state index contributed by atoms with van der Waals surface area (Å²) in [7, 11) is -2.10. The zero-order chi connectivity index (χ0) is 21.8. The van der Waals surface area contributed by atoms with Crippen LogP contribution in [0.4, 0.5) is 0 Å². The van der Waals surface area contributed by atoms with Gasteiger partial charge in [0.1, 0.15) is 0 Å². The Kier molecular flexibility index (Phi) is 19.1. The van der Waals surface area contributed by atoms with Gasteiger partial charge in [0.2, 0.25) is 0 Å². The molecule has 2 atom stereocenters. The quantitative estimate of drug-likeness (QED) is 0.116. The third-order valence-corrected chi connectivity index (χ3v) is 10.4. The fraction of sp³-hybridized carbons (Fsp3) is 1.00. The average Bonchev–Trinajstić information content (AvgIpc) is 2.74. The molecular weight excluding hydrogens is 406 g/mol. The summed E-state index contributed by atoms with van der Waals surface area (Å²) in [4.78, 5) is 0. The first kappa shape index (κ1) is 28.5. The lowest BCUT2D eigenvalue weighted by molar-refractivity contribution is 0.0631. The van der Waals surface area contributed by atoms with E-state index in [4.69, 9.17) is 8.95 Å². The van der Waals surface area contributed by atoms with Gasteiger partial charge in [0.15, 0.2) is 0 Å². The van der Waals surface area contributed by atoms with E-state index in [0.717, 1.165) is 37.4 Å². The molecule has 0 radical (unpaired) electrons. The van der Waals surface area contributed by atoms with E-state index in [2.05, 4.69) is 32.0 Å².